The van der Waals surface area contributed by atoms with Crippen LogP contribution in [0.4, 0.5) is 5.69 Å². The molecule has 1 fully saturated rings. The second kappa shape index (κ2) is 7.09. The number of anilines is 1. The van der Waals surface area contributed by atoms with E-state index in [1.807, 2.05) is 26.0 Å². The van der Waals surface area contributed by atoms with Crippen molar-refractivity contribution in [3.8, 4) is 0 Å². The lowest BCUT2D eigenvalue weighted by Gasteiger charge is -2.46. The van der Waals surface area contributed by atoms with E-state index in [0.717, 1.165) is 11.1 Å². The Bertz CT molecular complexity index is 1090. The molecular weight excluding hydrogens is 384 g/mol. The van der Waals surface area contributed by atoms with Crippen LogP contribution in [0.2, 0.25) is 0 Å². The third kappa shape index (κ3) is 2.81. The van der Waals surface area contributed by atoms with Gasteiger partial charge in [0.25, 0.3) is 5.91 Å². The number of ketones is 1. The van der Waals surface area contributed by atoms with E-state index in [1.54, 1.807) is 30.3 Å². The zero-order valence-electron chi connectivity index (χ0n) is 17.1. The Balaban J connectivity index is 1.64. The van der Waals surface area contributed by atoms with Gasteiger partial charge in [0.1, 0.15) is 0 Å². The van der Waals surface area contributed by atoms with Gasteiger partial charge in [-0.15, -0.1) is 0 Å². The van der Waals surface area contributed by atoms with Gasteiger partial charge in [-0.2, -0.15) is 0 Å². The number of nitrogens with zero attached hydrogens (tertiary/aromatic N) is 2. The van der Waals surface area contributed by atoms with Crippen molar-refractivity contribution >= 4 is 29.3 Å². The average Bonchev–Trinajstić information content (AvgIpc) is 3.10. The normalized spacial score (nSPS) is 20.1. The molecule has 2 aromatic rings. The molecule has 0 spiro atoms. The van der Waals surface area contributed by atoms with Crippen LogP contribution in [0.1, 0.15) is 44.7 Å². The smallest absolute Gasteiger partial charge is 0.354 e. The standard InChI is InChI=1S/C23H22N2O5/c1-14-8-9-15(2)17(12-14)19(26)13-30-22(29)23-11-10-20(27)25(23)18-7-5-4-6-16(18)21(28)24(23)3/h4-9,12H,10-11,13H2,1-3H3/t23-/m0/s1. The van der Waals surface area contributed by atoms with Crippen molar-refractivity contribution in [1.82, 2.24) is 4.90 Å². The molecule has 30 heavy (non-hydrogen) atoms. The van der Waals surface area contributed by atoms with Gasteiger partial charge in [0.15, 0.2) is 6.61 Å². The van der Waals surface area contributed by atoms with E-state index in [1.165, 1.54) is 16.8 Å². The Hall–Kier alpha value is -3.48. The number of aryl methyl sites for hydroxylation is 2. The fraction of sp³-hybridized carbons (Fsp3) is 0.304. The van der Waals surface area contributed by atoms with Gasteiger partial charge >= 0.3 is 5.97 Å². The largest absolute Gasteiger partial charge is 0.454 e. The summed E-state index contributed by atoms with van der Waals surface area (Å²) in [6.45, 7) is 3.23. The lowest BCUT2D eigenvalue weighted by molar-refractivity contribution is -0.155. The van der Waals surface area contributed by atoms with Crippen molar-refractivity contribution in [2.45, 2.75) is 32.4 Å². The Morgan fingerprint density at radius 3 is 2.60 bits per heavy atom. The highest BCUT2D eigenvalue weighted by atomic mass is 16.5. The van der Waals surface area contributed by atoms with Crippen LogP contribution < -0.4 is 4.90 Å². The molecule has 1 atom stereocenters. The number of carbonyl (C=O) groups is 4. The fourth-order valence-corrected chi connectivity index (χ4v) is 4.25. The predicted octanol–water partition coefficient (Wildman–Crippen LogP) is 2.64. The van der Waals surface area contributed by atoms with E-state index < -0.39 is 18.2 Å². The average molecular weight is 406 g/mol. The van der Waals surface area contributed by atoms with Crippen LogP contribution in [0.15, 0.2) is 42.5 Å². The minimum absolute atomic E-state index is 0.103. The van der Waals surface area contributed by atoms with Gasteiger partial charge in [-0.05, 0) is 37.6 Å². The third-order valence-electron chi connectivity index (χ3n) is 5.90. The first-order valence-electron chi connectivity index (χ1n) is 9.75. The molecule has 7 heteroatoms. The van der Waals surface area contributed by atoms with Crippen molar-refractivity contribution < 1.29 is 23.9 Å². The summed E-state index contributed by atoms with van der Waals surface area (Å²) in [4.78, 5) is 54.1. The van der Waals surface area contributed by atoms with Crippen LogP contribution in [0.3, 0.4) is 0 Å². The van der Waals surface area contributed by atoms with E-state index in [0.29, 0.717) is 16.8 Å². The summed E-state index contributed by atoms with van der Waals surface area (Å²) in [5.74, 6) is -1.74. The molecule has 2 aliphatic heterocycles. The highest BCUT2D eigenvalue weighted by molar-refractivity contribution is 6.15. The lowest BCUT2D eigenvalue weighted by Crippen LogP contribution is -2.67. The molecule has 2 amide bonds. The van der Waals surface area contributed by atoms with Gasteiger partial charge in [0.2, 0.25) is 17.4 Å². The van der Waals surface area contributed by atoms with E-state index in [9.17, 15) is 19.2 Å². The summed E-state index contributed by atoms with van der Waals surface area (Å²) in [7, 11) is 1.48. The first-order chi connectivity index (χ1) is 14.3. The number of hydrogen-bond donors (Lipinski definition) is 0. The van der Waals surface area contributed by atoms with Crippen LogP contribution >= 0.6 is 0 Å². The molecule has 0 unspecified atom stereocenters. The molecule has 0 radical (unpaired) electrons. The summed E-state index contributed by atoms with van der Waals surface area (Å²) < 4.78 is 5.40. The highest BCUT2D eigenvalue weighted by Crippen LogP contribution is 2.44. The zero-order valence-corrected chi connectivity index (χ0v) is 17.1. The predicted molar refractivity (Wildman–Crippen MR) is 109 cm³/mol. The van der Waals surface area contributed by atoms with Crippen LogP contribution in [0.25, 0.3) is 0 Å². The van der Waals surface area contributed by atoms with E-state index >= 15 is 0 Å². The van der Waals surface area contributed by atoms with E-state index in [-0.39, 0.29) is 30.4 Å². The molecule has 0 bridgehead atoms. The first-order valence-corrected chi connectivity index (χ1v) is 9.75. The molecule has 0 N–H and O–H groups in total. The minimum Gasteiger partial charge on any atom is -0.454 e. The second-order valence-electron chi connectivity index (χ2n) is 7.74. The van der Waals surface area contributed by atoms with Crippen molar-refractivity contribution in [2.75, 3.05) is 18.6 Å². The topological polar surface area (TPSA) is 84.0 Å². The monoisotopic (exact) mass is 406 g/mol. The Morgan fingerprint density at radius 2 is 1.83 bits per heavy atom. The Labute approximate surface area is 174 Å². The van der Waals surface area contributed by atoms with Crippen LogP contribution in [-0.4, -0.2) is 47.8 Å². The van der Waals surface area contributed by atoms with Gasteiger partial charge in [0, 0.05) is 25.5 Å². The molecule has 0 aromatic heterocycles. The van der Waals surface area contributed by atoms with Gasteiger partial charge < -0.3 is 9.64 Å². The number of ether oxygens (including phenoxy) is 1. The van der Waals surface area contributed by atoms with E-state index in [2.05, 4.69) is 0 Å². The zero-order chi connectivity index (χ0) is 21.6. The highest BCUT2D eigenvalue weighted by Gasteiger charge is 2.60. The van der Waals surface area contributed by atoms with Crippen molar-refractivity contribution in [3.63, 3.8) is 0 Å². The van der Waals surface area contributed by atoms with Crippen LogP contribution in [0, 0.1) is 13.8 Å². The third-order valence-corrected chi connectivity index (χ3v) is 5.90. The number of Topliss-reactive ketones (excluding diaryl/α,β-unsaturated/α-hetero) is 1. The number of rotatable bonds is 4. The molecule has 1 saturated heterocycles. The second-order valence-corrected chi connectivity index (χ2v) is 7.74. The Kier molecular flexibility index (Phi) is 4.68. The number of esters is 1. The number of benzene rings is 2. The molecule has 7 nitrogen and oxygen atoms in total. The molecule has 0 saturated carbocycles. The van der Waals surface area contributed by atoms with Gasteiger partial charge in [-0.25, -0.2) is 4.79 Å². The van der Waals surface area contributed by atoms with Crippen molar-refractivity contribution in [3.05, 3.63) is 64.7 Å². The van der Waals surface area contributed by atoms with Crippen LogP contribution in [-0.2, 0) is 14.3 Å². The summed E-state index contributed by atoms with van der Waals surface area (Å²) >= 11 is 0. The van der Waals surface area contributed by atoms with Crippen molar-refractivity contribution in [1.29, 1.82) is 0 Å². The molecule has 2 aromatic carbocycles. The molecule has 0 aliphatic carbocycles. The van der Waals surface area contributed by atoms with Crippen LogP contribution in [0.5, 0.6) is 0 Å². The number of carbonyl (C=O) groups excluding carboxylic acids is 4. The number of amides is 2. The maximum Gasteiger partial charge on any atom is 0.354 e. The van der Waals surface area contributed by atoms with Gasteiger partial charge in [0.05, 0.1) is 11.3 Å². The number of likely N-dealkylation sites (N-methyl/N-ethyl adjacent to an activating group) is 1. The van der Waals surface area contributed by atoms with Gasteiger partial charge in [-0.3, -0.25) is 19.3 Å². The summed E-state index contributed by atoms with van der Waals surface area (Å²) in [5, 5.41) is 0. The first kappa shape index (κ1) is 19.8. The Morgan fingerprint density at radius 1 is 1.10 bits per heavy atom. The molecule has 2 aliphatic rings. The summed E-state index contributed by atoms with van der Waals surface area (Å²) in [6.07, 6.45) is 0.213. The quantitative estimate of drug-likeness (QED) is 0.576. The number of hydrogen-bond acceptors (Lipinski definition) is 5. The molecule has 4 rings (SSSR count). The maximum absolute atomic E-state index is 13.2. The molecule has 2 heterocycles. The van der Waals surface area contributed by atoms with E-state index in [4.69, 9.17) is 4.74 Å². The summed E-state index contributed by atoms with van der Waals surface area (Å²) in [5.41, 5.74) is 1.36. The maximum atomic E-state index is 13.2. The SMILES string of the molecule is Cc1ccc(C)c(C(=O)COC(=O)[C@]23CCC(=O)N2c2ccccc2C(=O)N3C)c1. The fourth-order valence-electron chi connectivity index (χ4n) is 4.25. The number of fused-ring (bicyclic) bond motifs is 3. The lowest BCUT2D eigenvalue weighted by atomic mass is 9.97. The van der Waals surface area contributed by atoms with Crippen molar-refractivity contribution in [2.24, 2.45) is 0 Å². The minimum atomic E-state index is -1.58. The summed E-state index contributed by atoms with van der Waals surface area (Å²) in [6, 6.07) is 12.2. The number of para-hydroxylation sites is 1. The molecular formula is C23H22N2O5. The van der Waals surface area contributed by atoms with Gasteiger partial charge in [-0.1, -0.05) is 29.8 Å². The molecule has 154 valence electrons.